The third-order valence-corrected chi connectivity index (χ3v) is 3.93. The molecule has 0 fully saturated rings. The molecule has 0 bridgehead atoms. The molecule has 1 amide bonds. The number of benzene rings is 1. The number of halogens is 1. The van der Waals surface area contributed by atoms with Crippen molar-refractivity contribution >= 4 is 17.5 Å². The van der Waals surface area contributed by atoms with Crippen molar-refractivity contribution in [2.75, 3.05) is 20.8 Å². The second-order valence-electron chi connectivity index (χ2n) is 5.29. The van der Waals surface area contributed by atoms with Crippen LogP contribution >= 0.6 is 11.6 Å². The van der Waals surface area contributed by atoms with Crippen molar-refractivity contribution in [1.82, 2.24) is 15.1 Å². The summed E-state index contributed by atoms with van der Waals surface area (Å²) in [6.07, 6.45) is 4.52. The van der Waals surface area contributed by atoms with Gasteiger partial charge in [-0.15, -0.1) is 0 Å². The number of amides is 1. The predicted octanol–water partition coefficient (Wildman–Crippen LogP) is 2.86. The first-order chi connectivity index (χ1) is 11.6. The van der Waals surface area contributed by atoms with Crippen molar-refractivity contribution in [2.45, 2.75) is 25.8 Å². The molecule has 130 valence electrons. The van der Waals surface area contributed by atoms with Gasteiger partial charge in [0.1, 0.15) is 6.04 Å². The topological polar surface area (TPSA) is 65.4 Å². The molecule has 0 aliphatic rings. The standard InChI is InChI=1S/C17H22ClN3O3/c1-4-14(21-11-13(18)10-20-21)17(22)19-8-7-12-5-6-15(23-2)16(9-12)24-3/h5-6,9-11,14H,4,7-8H2,1-3H3,(H,19,22). The molecule has 0 aliphatic carbocycles. The van der Waals surface area contributed by atoms with Gasteiger partial charge in [-0.3, -0.25) is 9.48 Å². The van der Waals surface area contributed by atoms with Crippen LogP contribution in [0.25, 0.3) is 0 Å². The lowest BCUT2D eigenvalue weighted by Gasteiger charge is -2.15. The molecule has 0 radical (unpaired) electrons. The summed E-state index contributed by atoms with van der Waals surface area (Å²) < 4.78 is 12.1. The molecule has 6 nitrogen and oxygen atoms in total. The molecular formula is C17H22ClN3O3. The molecule has 0 spiro atoms. The van der Waals surface area contributed by atoms with Crippen LogP contribution in [0.5, 0.6) is 11.5 Å². The Labute approximate surface area is 146 Å². The summed E-state index contributed by atoms with van der Waals surface area (Å²) in [6, 6.07) is 5.37. The van der Waals surface area contributed by atoms with Gasteiger partial charge < -0.3 is 14.8 Å². The maximum Gasteiger partial charge on any atom is 0.244 e. The quantitative estimate of drug-likeness (QED) is 0.794. The van der Waals surface area contributed by atoms with E-state index in [0.717, 1.165) is 5.56 Å². The normalized spacial score (nSPS) is 11.8. The average Bonchev–Trinajstić information content (AvgIpc) is 3.01. The number of nitrogens with zero attached hydrogens (tertiary/aromatic N) is 2. The first-order valence-corrected chi connectivity index (χ1v) is 8.15. The van der Waals surface area contributed by atoms with Crippen LogP contribution in [0, 0.1) is 0 Å². The highest BCUT2D eigenvalue weighted by molar-refractivity contribution is 6.30. The number of hydrogen-bond donors (Lipinski definition) is 1. The fourth-order valence-electron chi connectivity index (χ4n) is 2.46. The Kier molecular flexibility index (Phi) is 6.49. The van der Waals surface area contributed by atoms with Crippen LogP contribution in [-0.4, -0.2) is 36.5 Å². The van der Waals surface area contributed by atoms with Crippen LogP contribution in [0.15, 0.2) is 30.6 Å². The molecule has 1 heterocycles. The number of methoxy groups -OCH3 is 2. The van der Waals surface area contributed by atoms with E-state index in [-0.39, 0.29) is 11.9 Å². The molecule has 0 saturated heterocycles. The van der Waals surface area contributed by atoms with Crippen molar-refractivity contribution in [3.8, 4) is 11.5 Å². The molecule has 2 aromatic rings. The van der Waals surface area contributed by atoms with Gasteiger partial charge in [0.15, 0.2) is 11.5 Å². The van der Waals surface area contributed by atoms with Gasteiger partial charge in [-0.25, -0.2) is 0 Å². The van der Waals surface area contributed by atoms with Crippen LogP contribution in [0.2, 0.25) is 5.02 Å². The third kappa shape index (κ3) is 4.41. The molecule has 0 aliphatic heterocycles. The summed E-state index contributed by atoms with van der Waals surface area (Å²) in [5.41, 5.74) is 1.06. The highest BCUT2D eigenvalue weighted by Crippen LogP contribution is 2.27. The highest BCUT2D eigenvalue weighted by Gasteiger charge is 2.18. The predicted molar refractivity (Wildman–Crippen MR) is 92.8 cm³/mol. The Morgan fingerprint density at radius 1 is 1.33 bits per heavy atom. The van der Waals surface area contributed by atoms with Gasteiger partial charge in [0.05, 0.1) is 25.4 Å². The van der Waals surface area contributed by atoms with Crippen LogP contribution in [-0.2, 0) is 11.2 Å². The maximum absolute atomic E-state index is 12.3. The van der Waals surface area contributed by atoms with E-state index >= 15 is 0 Å². The van der Waals surface area contributed by atoms with Gasteiger partial charge >= 0.3 is 0 Å². The lowest BCUT2D eigenvalue weighted by atomic mass is 10.1. The zero-order valence-electron chi connectivity index (χ0n) is 14.1. The van der Waals surface area contributed by atoms with Crippen LogP contribution in [0.4, 0.5) is 0 Å². The molecule has 7 heteroatoms. The van der Waals surface area contributed by atoms with E-state index in [1.807, 2.05) is 25.1 Å². The first-order valence-electron chi connectivity index (χ1n) is 7.77. The largest absolute Gasteiger partial charge is 0.493 e. The van der Waals surface area contributed by atoms with Crippen molar-refractivity contribution in [1.29, 1.82) is 0 Å². The number of ether oxygens (including phenoxy) is 2. The van der Waals surface area contributed by atoms with E-state index in [9.17, 15) is 4.79 Å². The average molecular weight is 352 g/mol. The van der Waals surface area contributed by atoms with E-state index < -0.39 is 0 Å². The van der Waals surface area contributed by atoms with E-state index in [4.69, 9.17) is 21.1 Å². The van der Waals surface area contributed by atoms with Crippen LogP contribution in [0.1, 0.15) is 24.9 Å². The molecule has 1 unspecified atom stereocenters. The summed E-state index contributed by atoms with van der Waals surface area (Å²) in [5.74, 6) is 1.29. The number of carbonyl (C=O) groups excluding carboxylic acids is 1. The molecule has 24 heavy (non-hydrogen) atoms. The molecule has 2 rings (SSSR count). The minimum atomic E-state index is -0.358. The van der Waals surface area contributed by atoms with Gasteiger partial charge in [0, 0.05) is 12.7 Å². The van der Waals surface area contributed by atoms with Gasteiger partial charge in [-0.1, -0.05) is 24.6 Å². The summed E-state index contributed by atoms with van der Waals surface area (Å²) in [4.78, 5) is 12.3. The Bertz CT molecular complexity index is 687. The summed E-state index contributed by atoms with van der Waals surface area (Å²) >= 11 is 5.87. The SMILES string of the molecule is CCC(C(=O)NCCc1ccc(OC)c(OC)c1)n1cc(Cl)cn1. The Morgan fingerprint density at radius 2 is 2.08 bits per heavy atom. The van der Waals surface area contributed by atoms with Crippen LogP contribution < -0.4 is 14.8 Å². The third-order valence-electron chi connectivity index (χ3n) is 3.74. The maximum atomic E-state index is 12.3. The van der Waals surface area contributed by atoms with E-state index in [1.165, 1.54) is 6.20 Å². The van der Waals surface area contributed by atoms with E-state index in [0.29, 0.717) is 35.9 Å². The monoisotopic (exact) mass is 351 g/mol. The van der Waals surface area contributed by atoms with Crippen molar-refractivity contribution in [3.63, 3.8) is 0 Å². The molecule has 1 atom stereocenters. The van der Waals surface area contributed by atoms with E-state index in [1.54, 1.807) is 25.1 Å². The second kappa shape index (κ2) is 8.59. The Hall–Kier alpha value is -2.21. The molecule has 1 aromatic carbocycles. The lowest BCUT2D eigenvalue weighted by Crippen LogP contribution is -2.33. The van der Waals surface area contributed by atoms with Crippen molar-refractivity contribution in [3.05, 3.63) is 41.2 Å². The minimum absolute atomic E-state index is 0.0715. The molecular weight excluding hydrogens is 330 g/mol. The van der Waals surface area contributed by atoms with Crippen molar-refractivity contribution < 1.29 is 14.3 Å². The number of aromatic nitrogens is 2. The van der Waals surface area contributed by atoms with Gasteiger partial charge in [-0.2, -0.15) is 5.10 Å². The molecule has 1 aromatic heterocycles. The first kappa shape index (κ1) is 18.1. The highest BCUT2D eigenvalue weighted by atomic mass is 35.5. The number of nitrogens with one attached hydrogen (secondary N) is 1. The summed E-state index contributed by atoms with van der Waals surface area (Å²) in [5, 5.41) is 7.57. The van der Waals surface area contributed by atoms with Gasteiger partial charge in [0.2, 0.25) is 5.91 Å². The zero-order valence-corrected chi connectivity index (χ0v) is 14.8. The van der Waals surface area contributed by atoms with E-state index in [2.05, 4.69) is 10.4 Å². The fourth-order valence-corrected chi connectivity index (χ4v) is 2.61. The second-order valence-corrected chi connectivity index (χ2v) is 5.73. The zero-order chi connectivity index (χ0) is 17.5. The molecule has 1 N–H and O–H groups in total. The smallest absolute Gasteiger partial charge is 0.244 e. The summed E-state index contributed by atoms with van der Waals surface area (Å²) in [6.45, 7) is 2.47. The Morgan fingerprint density at radius 3 is 2.67 bits per heavy atom. The number of carbonyl (C=O) groups is 1. The minimum Gasteiger partial charge on any atom is -0.493 e. The van der Waals surface area contributed by atoms with Gasteiger partial charge in [-0.05, 0) is 30.5 Å². The van der Waals surface area contributed by atoms with Crippen molar-refractivity contribution in [2.24, 2.45) is 0 Å². The fraction of sp³-hybridized carbons (Fsp3) is 0.412. The lowest BCUT2D eigenvalue weighted by molar-refractivity contribution is -0.124. The van der Waals surface area contributed by atoms with Gasteiger partial charge in [0.25, 0.3) is 0 Å². The number of hydrogen-bond acceptors (Lipinski definition) is 4. The Balaban J connectivity index is 1.92. The number of rotatable bonds is 8. The van der Waals surface area contributed by atoms with Crippen LogP contribution in [0.3, 0.4) is 0 Å². The molecule has 0 saturated carbocycles. The summed E-state index contributed by atoms with van der Waals surface area (Å²) in [7, 11) is 3.20.